The molecule has 1 heterocycles. The third-order valence-corrected chi connectivity index (χ3v) is 6.35. The number of nitrogens with one attached hydrogen (secondary N) is 3. The van der Waals surface area contributed by atoms with Crippen LogP contribution in [0.15, 0.2) is 48.5 Å². The molecule has 2 aromatic rings. The predicted molar refractivity (Wildman–Crippen MR) is 144 cm³/mol. The Labute approximate surface area is 216 Å². The van der Waals surface area contributed by atoms with Gasteiger partial charge in [-0.15, -0.1) is 11.8 Å². The summed E-state index contributed by atoms with van der Waals surface area (Å²) >= 11 is 1.51. The lowest BCUT2D eigenvalue weighted by molar-refractivity contribution is -0.138. The Hall–Kier alpha value is -3.53. The molecule has 4 amide bonds. The van der Waals surface area contributed by atoms with Crippen molar-refractivity contribution in [1.82, 2.24) is 4.90 Å². The van der Waals surface area contributed by atoms with Crippen LogP contribution in [0.5, 0.6) is 0 Å². The van der Waals surface area contributed by atoms with Crippen molar-refractivity contribution in [3.63, 3.8) is 0 Å². The number of carboxylic acid groups (broad SMARTS) is 1. The molecular formula is C26H34N4O5S. The van der Waals surface area contributed by atoms with Crippen molar-refractivity contribution in [2.45, 2.75) is 52.5 Å². The quantitative estimate of drug-likeness (QED) is 0.343. The molecule has 4 N–H and O–H groups in total. The summed E-state index contributed by atoms with van der Waals surface area (Å²) in [6.45, 7) is 5.91. The smallest absolute Gasteiger partial charge is 0.323 e. The number of thioether (sulfide) groups is 1. The number of carbonyl (C=O) groups excluding carboxylic acids is 3. The summed E-state index contributed by atoms with van der Waals surface area (Å²) in [4.78, 5) is 49.7. The van der Waals surface area contributed by atoms with Crippen LogP contribution < -0.4 is 16.0 Å². The molecule has 0 aliphatic carbocycles. The molecule has 1 saturated heterocycles. The summed E-state index contributed by atoms with van der Waals surface area (Å²) in [5, 5.41) is 17.1. The number of benzene rings is 2. The number of nitrogens with zero attached hydrogens (tertiary/aromatic N) is 1. The first-order chi connectivity index (χ1) is 17.3. The van der Waals surface area contributed by atoms with Gasteiger partial charge in [0, 0.05) is 35.7 Å². The first-order valence-corrected chi connectivity index (χ1v) is 13.1. The van der Waals surface area contributed by atoms with Crippen LogP contribution in [0.2, 0.25) is 0 Å². The van der Waals surface area contributed by atoms with E-state index in [1.807, 2.05) is 45.0 Å². The van der Waals surface area contributed by atoms with Crippen LogP contribution in [0, 0.1) is 6.92 Å². The van der Waals surface area contributed by atoms with Gasteiger partial charge in [-0.3, -0.25) is 14.4 Å². The Kier molecular flexibility index (Phi) is 11.8. The van der Waals surface area contributed by atoms with Crippen LogP contribution in [0.25, 0.3) is 0 Å². The molecule has 2 aromatic carbocycles. The number of anilines is 3. The molecule has 0 spiro atoms. The van der Waals surface area contributed by atoms with Crippen LogP contribution in [0.1, 0.15) is 45.1 Å². The highest BCUT2D eigenvalue weighted by Gasteiger charge is 2.34. The van der Waals surface area contributed by atoms with Crippen LogP contribution in [0.3, 0.4) is 0 Å². The first-order valence-electron chi connectivity index (χ1n) is 12.0. The Morgan fingerprint density at radius 3 is 2.17 bits per heavy atom. The molecule has 9 nitrogen and oxygen atoms in total. The van der Waals surface area contributed by atoms with Gasteiger partial charge in [0.25, 0.3) is 0 Å². The van der Waals surface area contributed by atoms with E-state index in [9.17, 15) is 19.2 Å². The van der Waals surface area contributed by atoms with Gasteiger partial charge >= 0.3 is 12.0 Å². The Balaban J connectivity index is 0.00000222. The minimum Gasteiger partial charge on any atom is -0.481 e. The fourth-order valence-electron chi connectivity index (χ4n) is 3.46. The van der Waals surface area contributed by atoms with Crippen molar-refractivity contribution in [2.24, 2.45) is 0 Å². The fourth-order valence-corrected chi connectivity index (χ4v) is 4.64. The summed E-state index contributed by atoms with van der Waals surface area (Å²) in [5.74, 6) is -0.355. The van der Waals surface area contributed by atoms with E-state index in [2.05, 4.69) is 16.0 Å². The highest BCUT2D eigenvalue weighted by molar-refractivity contribution is 7.99. The molecule has 194 valence electrons. The maximum Gasteiger partial charge on any atom is 0.323 e. The fraction of sp³-hybridized carbons (Fsp3) is 0.385. The Morgan fingerprint density at radius 1 is 0.917 bits per heavy atom. The normalized spacial score (nSPS) is 14.3. The number of hydrogen-bond donors (Lipinski definition) is 4. The second kappa shape index (κ2) is 14.8. The van der Waals surface area contributed by atoms with Gasteiger partial charge in [-0.1, -0.05) is 32.0 Å². The minimum absolute atomic E-state index is 0.0321. The largest absolute Gasteiger partial charge is 0.481 e. The predicted octanol–water partition coefficient (Wildman–Crippen LogP) is 5.15. The number of carbonyl (C=O) groups is 4. The average molecular weight is 515 g/mol. The molecule has 10 heteroatoms. The molecule has 1 aliphatic rings. The van der Waals surface area contributed by atoms with Gasteiger partial charge in [0.05, 0.1) is 5.88 Å². The number of para-hydroxylation sites is 1. The lowest BCUT2D eigenvalue weighted by Crippen LogP contribution is -2.44. The number of urea groups is 1. The first kappa shape index (κ1) is 28.7. The summed E-state index contributed by atoms with van der Waals surface area (Å²) < 4.78 is 0. The van der Waals surface area contributed by atoms with Crippen molar-refractivity contribution in [3.05, 3.63) is 54.1 Å². The van der Waals surface area contributed by atoms with Gasteiger partial charge < -0.3 is 26.0 Å². The molecule has 1 fully saturated rings. The molecule has 0 saturated carbocycles. The number of carboxylic acids is 1. The second-order valence-corrected chi connectivity index (χ2v) is 8.94. The van der Waals surface area contributed by atoms with Crippen molar-refractivity contribution < 1.29 is 24.3 Å². The maximum atomic E-state index is 12.8. The van der Waals surface area contributed by atoms with E-state index in [0.29, 0.717) is 35.8 Å². The molecule has 1 aliphatic heterocycles. The second-order valence-electron chi connectivity index (χ2n) is 7.94. The number of aryl methyl sites for hydroxylation is 1. The molecule has 0 aromatic heterocycles. The van der Waals surface area contributed by atoms with Gasteiger partial charge in [0.2, 0.25) is 11.8 Å². The van der Waals surface area contributed by atoms with E-state index in [4.69, 9.17) is 5.11 Å². The van der Waals surface area contributed by atoms with Crippen molar-refractivity contribution in [2.75, 3.05) is 27.6 Å². The lowest BCUT2D eigenvalue weighted by atomic mass is 10.1. The minimum atomic E-state index is -0.880. The number of hydrogen-bond acceptors (Lipinski definition) is 5. The Bertz CT molecular complexity index is 1040. The monoisotopic (exact) mass is 514 g/mol. The van der Waals surface area contributed by atoms with Gasteiger partial charge in [0.15, 0.2) is 0 Å². The molecule has 0 radical (unpaired) electrons. The number of aliphatic carboxylic acids is 1. The standard InChI is InChI=1S/C24H28N4O5S.C2H6/c1-16-6-2-3-7-19(16)27-24(33)26-18-12-10-17(11-13-18)25-23(32)20-14-34-15-28(20)21(29)8-4-5-9-22(30)31;1-2/h2-3,6-7,10-13,20H,4-5,8-9,14-15H2,1H3,(H,25,32)(H,30,31)(H2,26,27,33);1-2H3/t20-;/m0./s1. The lowest BCUT2D eigenvalue weighted by Gasteiger charge is -2.23. The van der Waals surface area contributed by atoms with E-state index in [1.165, 1.54) is 11.8 Å². The summed E-state index contributed by atoms with van der Waals surface area (Å²) in [6, 6.07) is 13.3. The SMILES string of the molecule is CC.Cc1ccccc1NC(=O)Nc1ccc(NC(=O)[C@@H]2CSCN2C(=O)CCCCC(=O)O)cc1. The van der Waals surface area contributed by atoms with E-state index in [-0.39, 0.29) is 30.7 Å². The zero-order chi connectivity index (χ0) is 26.5. The van der Waals surface area contributed by atoms with Gasteiger partial charge in [-0.2, -0.15) is 0 Å². The molecular weight excluding hydrogens is 480 g/mol. The van der Waals surface area contributed by atoms with Crippen molar-refractivity contribution in [3.8, 4) is 0 Å². The van der Waals surface area contributed by atoms with Crippen LogP contribution in [-0.2, 0) is 14.4 Å². The van der Waals surface area contributed by atoms with Gasteiger partial charge in [0.1, 0.15) is 6.04 Å². The summed E-state index contributed by atoms with van der Waals surface area (Å²) in [7, 11) is 0. The summed E-state index contributed by atoms with van der Waals surface area (Å²) in [5.41, 5.74) is 2.80. The topological polar surface area (TPSA) is 128 Å². The molecule has 36 heavy (non-hydrogen) atoms. The third-order valence-electron chi connectivity index (χ3n) is 5.34. The van der Waals surface area contributed by atoms with E-state index < -0.39 is 12.0 Å². The van der Waals surface area contributed by atoms with E-state index >= 15 is 0 Å². The number of unbranched alkanes of at least 4 members (excludes halogenated alkanes) is 1. The van der Waals surface area contributed by atoms with Gasteiger partial charge in [-0.05, 0) is 55.7 Å². The van der Waals surface area contributed by atoms with E-state index in [1.54, 1.807) is 29.2 Å². The van der Waals surface area contributed by atoms with Crippen LogP contribution >= 0.6 is 11.8 Å². The van der Waals surface area contributed by atoms with Crippen molar-refractivity contribution in [1.29, 1.82) is 0 Å². The Morgan fingerprint density at radius 2 is 1.53 bits per heavy atom. The zero-order valence-corrected chi connectivity index (χ0v) is 21.7. The van der Waals surface area contributed by atoms with Crippen LogP contribution in [-0.4, -0.2) is 51.5 Å². The van der Waals surface area contributed by atoms with E-state index in [0.717, 1.165) is 11.3 Å². The zero-order valence-electron chi connectivity index (χ0n) is 20.9. The molecule has 1 atom stereocenters. The summed E-state index contributed by atoms with van der Waals surface area (Å²) in [6.07, 6.45) is 1.17. The average Bonchev–Trinajstić information content (AvgIpc) is 3.36. The highest BCUT2D eigenvalue weighted by atomic mass is 32.2. The molecule has 3 rings (SSSR count). The van der Waals surface area contributed by atoms with Crippen molar-refractivity contribution >= 4 is 52.6 Å². The highest BCUT2D eigenvalue weighted by Crippen LogP contribution is 2.24. The van der Waals surface area contributed by atoms with Gasteiger partial charge in [-0.25, -0.2) is 4.79 Å². The number of rotatable bonds is 9. The third kappa shape index (κ3) is 8.92. The molecule has 0 unspecified atom stereocenters. The number of amides is 4. The maximum absolute atomic E-state index is 12.8. The van der Waals surface area contributed by atoms with Crippen LogP contribution in [0.4, 0.5) is 21.9 Å². The molecule has 0 bridgehead atoms.